The normalized spacial score (nSPS) is 17.7. The number of piperazine rings is 1. The lowest BCUT2D eigenvalue weighted by Crippen LogP contribution is -2.44. The number of fused-ring (bicyclic) bond motifs is 1. The summed E-state index contributed by atoms with van der Waals surface area (Å²) in [6, 6.07) is 30.6. The number of benzene rings is 3. The van der Waals surface area contributed by atoms with E-state index in [9.17, 15) is 0 Å². The number of likely N-dealkylation sites (N-methyl/N-ethyl adjacent to an activating group) is 1. The van der Waals surface area contributed by atoms with Gasteiger partial charge in [-0.15, -0.1) is 0 Å². The molecule has 5 aromatic rings. The third-order valence-corrected chi connectivity index (χ3v) is 9.08. The highest BCUT2D eigenvalue weighted by molar-refractivity contribution is 5.95. The second-order valence-corrected chi connectivity index (χ2v) is 11.6. The smallest absolute Gasteiger partial charge is 0.119 e. The van der Waals surface area contributed by atoms with Gasteiger partial charge in [0.05, 0.1) is 11.2 Å². The molecule has 1 saturated heterocycles. The summed E-state index contributed by atoms with van der Waals surface area (Å²) in [6.45, 7) is 6.33. The minimum Gasteiger partial charge on any atom is -0.368 e. The number of aromatic nitrogens is 3. The summed E-state index contributed by atoms with van der Waals surface area (Å²) in [4.78, 5) is 9.62. The van der Waals surface area contributed by atoms with Crippen LogP contribution in [-0.4, -0.2) is 52.9 Å². The SMILES string of the molecule is Cc1nn(C(c2ccccc2)(c2ccccc2)C2C=CC=CC2)cc1-c1ccc2nccc(N3CCN(C)CC3)c2c1. The van der Waals surface area contributed by atoms with Gasteiger partial charge in [0.2, 0.25) is 0 Å². The molecule has 0 amide bonds. The van der Waals surface area contributed by atoms with Crippen molar-refractivity contribution in [2.45, 2.75) is 18.9 Å². The summed E-state index contributed by atoms with van der Waals surface area (Å²) >= 11 is 0. The monoisotopic (exact) mass is 551 g/mol. The fourth-order valence-corrected chi connectivity index (χ4v) is 6.85. The number of hydrogen-bond acceptors (Lipinski definition) is 4. The Bertz CT molecular complexity index is 1700. The van der Waals surface area contributed by atoms with E-state index in [2.05, 4.69) is 144 Å². The molecule has 2 aliphatic rings. The van der Waals surface area contributed by atoms with Gasteiger partial charge in [0.15, 0.2) is 0 Å². The van der Waals surface area contributed by atoms with Gasteiger partial charge in [0.1, 0.15) is 5.54 Å². The lowest BCUT2D eigenvalue weighted by Gasteiger charge is -2.41. The molecule has 3 aromatic carbocycles. The zero-order valence-corrected chi connectivity index (χ0v) is 24.4. The number of aryl methyl sites for hydroxylation is 1. The van der Waals surface area contributed by atoms with E-state index >= 15 is 0 Å². The average Bonchev–Trinajstić information content (AvgIpc) is 3.44. The fraction of sp³-hybridized carbons (Fsp3) is 0.243. The minimum absolute atomic E-state index is 0.198. The molecule has 1 atom stereocenters. The Morgan fingerprint density at radius 2 is 1.52 bits per heavy atom. The van der Waals surface area contributed by atoms with Gasteiger partial charge in [-0.3, -0.25) is 9.67 Å². The maximum Gasteiger partial charge on any atom is 0.119 e. The standard InChI is InChI=1S/C37H37N5/c1-28-34(29-18-19-35-33(26-29)36(20-21-38-35)41-24-22-40(2)23-25-41)27-42(39-28)37(30-12-6-3-7-13-30,31-14-8-4-9-15-31)32-16-10-5-11-17-32/h3-16,18-21,26-27,32H,17,22-25H2,1-2H3. The van der Waals surface area contributed by atoms with Crippen LogP contribution in [0.3, 0.4) is 0 Å². The van der Waals surface area contributed by atoms with Crippen LogP contribution in [0, 0.1) is 12.8 Å². The molecular formula is C37H37N5. The van der Waals surface area contributed by atoms with Gasteiger partial charge in [0.25, 0.3) is 0 Å². The summed E-state index contributed by atoms with van der Waals surface area (Å²) in [5.41, 5.74) is 7.59. The van der Waals surface area contributed by atoms with Gasteiger partial charge in [0, 0.05) is 61.1 Å². The van der Waals surface area contributed by atoms with Crippen LogP contribution in [0.25, 0.3) is 22.0 Å². The molecule has 0 radical (unpaired) electrons. The third-order valence-electron chi connectivity index (χ3n) is 9.08. The quantitative estimate of drug-likeness (QED) is 0.226. The Morgan fingerprint density at radius 3 is 2.19 bits per heavy atom. The molecule has 1 fully saturated rings. The van der Waals surface area contributed by atoms with Crippen LogP contribution in [0.4, 0.5) is 5.69 Å². The molecule has 0 N–H and O–H groups in total. The van der Waals surface area contributed by atoms with Gasteiger partial charge in [-0.2, -0.15) is 5.10 Å². The van der Waals surface area contributed by atoms with Gasteiger partial charge in [-0.25, -0.2) is 0 Å². The summed E-state index contributed by atoms with van der Waals surface area (Å²) < 4.78 is 2.24. The van der Waals surface area contributed by atoms with Crippen molar-refractivity contribution in [3.63, 3.8) is 0 Å². The van der Waals surface area contributed by atoms with Crippen LogP contribution in [0.15, 0.2) is 122 Å². The maximum absolute atomic E-state index is 5.32. The van der Waals surface area contributed by atoms with Crippen molar-refractivity contribution in [2.75, 3.05) is 38.1 Å². The van der Waals surface area contributed by atoms with Crippen LogP contribution in [0.2, 0.25) is 0 Å². The third kappa shape index (κ3) is 4.54. The lowest BCUT2D eigenvalue weighted by molar-refractivity contribution is 0.292. The minimum atomic E-state index is -0.504. The van der Waals surface area contributed by atoms with Crippen LogP contribution in [0.5, 0.6) is 0 Å². The molecule has 0 bridgehead atoms. The van der Waals surface area contributed by atoms with E-state index in [1.165, 1.54) is 27.8 Å². The van der Waals surface area contributed by atoms with E-state index in [0.717, 1.165) is 49.4 Å². The van der Waals surface area contributed by atoms with Crippen molar-refractivity contribution in [3.8, 4) is 11.1 Å². The van der Waals surface area contributed by atoms with Crippen molar-refractivity contribution in [1.29, 1.82) is 0 Å². The molecule has 3 heterocycles. The van der Waals surface area contributed by atoms with E-state index in [0.29, 0.717) is 0 Å². The van der Waals surface area contributed by atoms with Gasteiger partial charge < -0.3 is 9.80 Å². The zero-order chi connectivity index (χ0) is 28.5. The van der Waals surface area contributed by atoms with Crippen LogP contribution >= 0.6 is 0 Å². The highest BCUT2D eigenvalue weighted by Gasteiger charge is 2.44. The largest absolute Gasteiger partial charge is 0.368 e. The average molecular weight is 552 g/mol. The summed E-state index contributed by atoms with van der Waals surface area (Å²) in [5, 5.41) is 6.51. The van der Waals surface area contributed by atoms with E-state index in [4.69, 9.17) is 10.1 Å². The second kappa shape index (κ2) is 11.1. The predicted octanol–water partition coefficient (Wildman–Crippen LogP) is 7.08. The number of nitrogens with zero attached hydrogens (tertiary/aromatic N) is 5. The highest BCUT2D eigenvalue weighted by atomic mass is 15.3. The van der Waals surface area contributed by atoms with E-state index in [-0.39, 0.29) is 5.92 Å². The number of allylic oxidation sites excluding steroid dienone is 4. The van der Waals surface area contributed by atoms with Gasteiger partial charge in [-0.05, 0) is 55.3 Å². The number of pyridine rings is 1. The van der Waals surface area contributed by atoms with E-state index < -0.39 is 5.54 Å². The molecule has 5 nitrogen and oxygen atoms in total. The summed E-state index contributed by atoms with van der Waals surface area (Å²) in [6.07, 6.45) is 14.1. The summed E-state index contributed by atoms with van der Waals surface area (Å²) in [5.74, 6) is 0.198. The second-order valence-electron chi connectivity index (χ2n) is 11.6. The predicted molar refractivity (Wildman–Crippen MR) is 173 cm³/mol. The number of anilines is 1. The highest BCUT2D eigenvalue weighted by Crippen LogP contribution is 2.45. The van der Waals surface area contributed by atoms with Gasteiger partial charge in [-0.1, -0.05) is 91.0 Å². The molecule has 210 valence electrons. The Hall–Kier alpha value is -4.48. The first-order chi connectivity index (χ1) is 20.6. The lowest BCUT2D eigenvalue weighted by atomic mass is 9.70. The van der Waals surface area contributed by atoms with Crippen molar-refractivity contribution < 1.29 is 0 Å². The Kier molecular flexibility index (Phi) is 6.96. The zero-order valence-electron chi connectivity index (χ0n) is 24.4. The first kappa shape index (κ1) is 26.4. The maximum atomic E-state index is 5.32. The Morgan fingerprint density at radius 1 is 0.810 bits per heavy atom. The molecule has 5 heteroatoms. The molecule has 0 saturated carbocycles. The molecule has 7 rings (SSSR count). The molecular weight excluding hydrogens is 514 g/mol. The fourth-order valence-electron chi connectivity index (χ4n) is 6.85. The Balaban J connectivity index is 1.40. The van der Waals surface area contributed by atoms with Crippen molar-refractivity contribution in [2.24, 2.45) is 5.92 Å². The molecule has 2 aromatic heterocycles. The first-order valence-electron chi connectivity index (χ1n) is 15.0. The first-order valence-corrected chi connectivity index (χ1v) is 15.0. The molecule has 1 unspecified atom stereocenters. The molecule has 42 heavy (non-hydrogen) atoms. The molecule has 1 aliphatic carbocycles. The topological polar surface area (TPSA) is 37.2 Å². The molecule has 0 spiro atoms. The Labute approximate surface area is 248 Å². The van der Waals surface area contributed by atoms with Crippen LogP contribution in [-0.2, 0) is 5.54 Å². The van der Waals surface area contributed by atoms with Crippen molar-refractivity contribution in [1.82, 2.24) is 19.7 Å². The number of rotatable bonds is 6. The van der Waals surface area contributed by atoms with E-state index in [1.54, 1.807) is 0 Å². The summed E-state index contributed by atoms with van der Waals surface area (Å²) in [7, 11) is 2.20. The van der Waals surface area contributed by atoms with Crippen molar-refractivity contribution in [3.05, 3.63) is 138 Å². The van der Waals surface area contributed by atoms with Crippen molar-refractivity contribution >= 4 is 16.6 Å². The number of hydrogen-bond donors (Lipinski definition) is 0. The van der Waals surface area contributed by atoms with Crippen LogP contribution < -0.4 is 4.90 Å². The molecule has 1 aliphatic heterocycles. The van der Waals surface area contributed by atoms with Gasteiger partial charge >= 0.3 is 0 Å². The van der Waals surface area contributed by atoms with Crippen LogP contribution in [0.1, 0.15) is 23.2 Å². The van der Waals surface area contributed by atoms with E-state index in [1.807, 2.05) is 6.20 Å².